The van der Waals surface area contributed by atoms with Crippen molar-refractivity contribution in [2.45, 2.75) is 59.2 Å². The second-order valence-electron chi connectivity index (χ2n) is 8.73. The fourth-order valence-electron chi connectivity index (χ4n) is 3.51. The molecule has 2 aromatic rings. The van der Waals surface area contributed by atoms with Crippen LogP contribution in [0.2, 0.25) is 5.02 Å². The fraction of sp³-hybridized carbons (Fsp3) is 0.440. The Hall–Kier alpha value is -2.58. The van der Waals surface area contributed by atoms with Crippen molar-refractivity contribution in [3.8, 4) is 0 Å². The first-order valence-corrected chi connectivity index (χ1v) is 13.5. The van der Waals surface area contributed by atoms with Crippen LogP contribution in [0.25, 0.3) is 0 Å². The Balaban J connectivity index is 2.17. The Morgan fingerprint density at radius 2 is 1.65 bits per heavy atom. The maximum Gasteiger partial charge on any atom is 0.242 e. The summed E-state index contributed by atoms with van der Waals surface area (Å²) in [6, 6.07) is 13.6. The molecule has 0 spiro atoms. The van der Waals surface area contributed by atoms with E-state index in [0.717, 1.165) is 17.4 Å². The molecule has 1 N–H and O–H groups in total. The van der Waals surface area contributed by atoms with Crippen LogP contribution in [0.15, 0.2) is 48.5 Å². The Labute approximate surface area is 208 Å². The highest BCUT2D eigenvalue weighted by Gasteiger charge is 2.27. The quantitative estimate of drug-likeness (QED) is 0.495. The predicted octanol–water partition coefficient (Wildman–Crippen LogP) is 4.14. The highest BCUT2D eigenvalue weighted by atomic mass is 35.5. The van der Waals surface area contributed by atoms with Gasteiger partial charge in [0.15, 0.2) is 0 Å². The summed E-state index contributed by atoms with van der Waals surface area (Å²) in [7, 11) is -3.52. The summed E-state index contributed by atoms with van der Waals surface area (Å²) in [6.45, 7) is 7.66. The summed E-state index contributed by atoms with van der Waals surface area (Å²) >= 11 is 6.30. The van der Waals surface area contributed by atoms with Crippen molar-refractivity contribution in [1.29, 1.82) is 0 Å². The lowest BCUT2D eigenvalue weighted by atomic mass is 10.1. The van der Waals surface area contributed by atoms with Crippen LogP contribution < -0.4 is 9.62 Å². The van der Waals surface area contributed by atoms with Crippen LogP contribution in [-0.4, -0.2) is 50.0 Å². The number of anilines is 1. The van der Waals surface area contributed by atoms with Crippen molar-refractivity contribution in [2.24, 2.45) is 0 Å². The first-order chi connectivity index (χ1) is 15.9. The maximum absolute atomic E-state index is 13.2. The van der Waals surface area contributed by atoms with Crippen molar-refractivity contribution in [2.75, 3.05) is 17.1 Å². The van der Waals surface area contributed by atoms with Gasteiger partial charge < -0.3 is 10.2 Å². The smallest absolute Gasteiger partial charge is 0.242 e. The van der Waals surface area contributed by atoms with E-state index in [0.29, 0.717) is 17.1 Å². The molecule has 0 aliphatic rings. The Morgan fingerprint density at radius 1 is 1.03 bits per heavy atom. The van der Waals surface area contributed by atoms with Crippen LogP contribution in [-0.2, 0) is 26.2 Å². The van der Waals surface area contributed by atoms with Gasteiger partial charge >= 0.3 is 0 Å². The molecule has 2 rings (SSSR count). The second-order valence-corrected chi connectivity index (χ2v) is 11.0. The van der Waals surface area contributed by atoms with Crippen molar-refractivity contribution < 1.29 is 18.0 Å². The van der Waals surface area contributed by atoms with Crippen molar-refractivity contribution >= 4 is 39.1 Å². The molecule has 0 heterocycles. The van der Waals surface area contributed by atoms with Gasteiger partial charge in [0, 0.05) is 30.6 Å². The van der Waals surface area contributed by atoms with Crippen molar-refractivity contribution in [3.63, 3.8) is 0 Å². The van der Waals surface area contributed by atoms with E-state index < -0.39 is 16.1 Å². The third-order valence-corrected chi connectivity index (χ3v) is 6.93. The van der Waals surface area contributed by atoms with Crippen molar-refractivity contribution in [3.05, 3.63) is 64.7 Å². The average Bonchev–Trinajstić information content (AvgIpc) is 2.75. The van der Waals surface area contributed by atoms with Gasteiger partial charge in [-0.15, -0.1) is 0 Å². The van der Waals surface area contributed by atoms with E-state index in [1.54, 1.807) is 31.2 Å². The van der Waals surface area contributed by atoms with Crippen LogP contribution in [0.1, 0.15) is 44.7 Å². The molecule has 0 aliphatic carbocycles. The molecule has 34 heavy (non-hydrogen) atoms. The molecule has 0 aromatic heterocycles. The number of rotatable bonds is 11. The number of carbonyl (C=O) groups excluding carboxylic acids is 2. The minimum Gasteiger partial charge on any atom is -0.352 e. The number of halogens is 1. The summed E-state index contributed by atoms with van der Waals surface area (Å²) in [5.74, 6) is -0.503. The molecule has 1 atom stereocenters. The molecule has 2 amide bonds. The van der Waals surface area contributed by atoms with E-state index in [-0.39, 0.29) is 37.4 Å². The van der Waals surface area contributed by atoms with Gasteiger partial charge in [-0.3, -0.25) is 13.9 Å². The molecule has 0 radical (unpaired) electrons. The number of nitrogens with zero attached hydrogens (tertiary/aromatic N) is 2. The molecule has 2 aromatic carbocycles. The standard InChI is InChI=1S/C25H34ClN3O4S/c1-18(2)27-25(31)20(4)28(17-21-9-6-7-10-23(21)26)24(30)11-8-16-29(34(5,32)33)22-14-12-19(3)13-15-22/h6-7,9-10,12-15,18,20H,8,11,16-17H2,1-5H3,(H,27,31)/t20-/m1/s1. The van der Waals surface area contributed by atoms with E-state index in [1.807, 2.05) is 45.0 Å². The first-order valence-electron chi connectivity index (χ1n) is 11.3. The number of benzene rings is 2. The maximum atomic E-state index is 13.2. The van der Waals surface area contributed by atoms with Crippen LogP contribution in [0.5, 0.6) is 0 Å². The topological polar surface area (TPSA) is 86.8 Å². The highest BCUT2D eigenvalue weighted by molar-refractivity contribution is 7.92. The van der Waals surface area contributed by atoms with Crippen molar-refractivity contribution in [1.82, 2.24) is 10.2 Å². The zero-order chi connectivity index (χ0) is 25.5. The lowest BCUT2D eigenvalue weighted by molar-refractivity contribution is -0.140. The zero-order valence-electron chi connectivity index (χ0n) is 20.4. The molecule has 0 saturated carbocycles. The van der Waals surface area contributed by atoms with E-state index in [2.05, 4.69) is 5.32 Å². The van der Waals surface area contributed by atoms with E-state index in [9.17, 15) is 18.0 Å². The molecule has 186 valence electrons. The third-order valence-electron chi connectivity index (χ3n) is 5.37. The monoisotopic (exact) mass is 507 g/mol. The molecule has 7 nitrogen and oxygen atoms in total. The predicted molar refractivity (Wildman–Crippen MR) is 137 cm³/mol. The summed E-state index contributed by atoms with van der Waals surface area (Å²) in [4.78, 5) is 27.4. The summed E-state index contributed by atoms with van der Waals surface area (Å²) in [5.41, 5.74) is 2.31. The first kappa shape index (κ1) is 27.7. The number of amides is 2. The zero-order valence-corrected chi connectivity index (χ0v) is 22.0. The molecule has 0 aliphatic heterocycles. The fourth-order valence-corrected chi connectivity index (χ4v) is 4.67. The average molecular weight is 508 g/mol. The van der Waals surface area contributed by atoms with Gasteiger partial charge in [-0.1, -0.05) is 47.5 Å². The van der Waals surface area contributed by atoms with E-state index in [1.165, 1.54) is 9.21 Å². The van der Waals surface area contributed by atoms with Gasteiger partial charge in [0.05, 0.1) is 11.9 Å². The van der Waals surface area contributed by atoms with Gasteiger partial charge in [-0.25, -0.2) is 8.42 Å². The highest BCUT2D eigenvalue weighted by Crippen LogP contribution is 2.21. The van der Waals surface area contributed by atoms with E-state index >= 15 is 0 Å². The Morgan fingerprint density at radius 3 is 2.21 bits per heavy atom. The molecule has 9 heteroatoms. The number of nitrogens with one attached hydrogen (secondary N) is 1. The van der Waals surface area contributed by atoms with E-state index in [4.69, 9.17) is 11.6 Å². The molecular weight excluding hydrogens is 474 g/mol. The number of aryl methyl sites for hydroxylation is 1. The Bertz CT molecular complexity index is 1090. The summed E-state index contributed by atoms with van der Waals surface area (Å²) in [5, 5.41) is 3.36. The molecule has 0 unspecified atom stereocenters. The van der Waals surface area contributed by atoms with Gasteiger partial charge in [-0.2, -0.15) is 0 Å². The van der Waals surface area contributed by atoms with Crippen LogP contribution >= 0.6 is 11.6 Å². The normalized spacial score (nSPS) is 12.3. The number of sulfonamides is 1. The second kappa shape index (κ2) is 12.2. The van der Waals surface area contributed by atoms with Crippen LogP contribution in [0.3, 0.4) is 0 Å². The number of hydrogen-bond acceptors (Lipinski definition) is 4. The van der Waals surface area contributed by atoms with Crippen LogP contribution in [0.4, 0.5) is 5.69 Å². The Kier molecular flexibility index (Phi) is 9.94. The lowest BCUT2D eigenvalue weighted by Crippen LogP contribution is -2.49. The summed E-state index contributed by atoms with van der Waals surface area (Å²) < 4.78 is 26.0. The third kappa shape index (κ3) is 8.02. The van der Waals surface area contributed by atoms with Gasteiger partial charge in [-0.05, 0) is 57.9 Å². The SMILES string of the molecule is Cc1ccc(N(CCCC(=O)N(Cc2ccccc2Cl)[C@H](C)C(=O)NC(C)C)S(C)(=O)=O)cc1. The van der Waals surface area contributed by atoms with Gasteiger partial charge in [0.1, 0.15) is 6.04 Å². The summed E-state index contributed by atoms with van der Waals surface area (Å²) in [6.07, 6.45) is 1.54. The molecule has 0 saturated heterocycles. The number of carbonyl (C=O) groups is 2. The minimum absolute atomic E-state index is 0.0648. The lowest BCUT2D eigenvalue weighted by Gasteiger charge is -2.30. The molecule has 0 fully saturated rings. The largest absolute Gasteiger partial charge is 0.352 e. The van der Waals surface area contributed by atoms with Gasteiger partial charge in [0.2, 0.25) is 21.8 Å². The minimum atomic E-state index is -3.52. The molecule has 0 bridgehead atoms. The van der Waals surface area contributed by atoms with Crippen LogP contribution in [0, 0.1) is 6.92 Å². The number of hydrogen-bond donors (Lipinski definition) is 1. The molecular formula is C25H34ClN3O4S. The van der Waals surface area contributed by atoms with Gasteiger partial charge in [0.25, 0.3) is 0 Å².